The summed E-state index contributed by atoms with van der Waals surface area (Å²) in [7, 11) is 0. The molecule has 0 aliphatic carbocycles. The van der Waals surface area contributed by atoms with Crippen LogP contribution in [0.1, 0.15) is 29.6 Å². The highest BCUT2D eigenvalue weighted by Gasteiger charge is 2.24. The van der Waals surface area contributed by atoms with Crippen LogP contribution in [0.5, 0.6) is 0 Å². The van der Waals surface area contributed by atoms with E-state index >= 15 is 0 Å². The van der Waals surface area contributed by atoms with Gasteiger partial charge in [0.05, 0.1) is 23.9 Å². The molecular weight excluding hydrogens is 234 g/mol. The summed E-state index contributed by atoms with van der Waals surface area (Å²) in [6.45, 7) is 0.844. The summed E-state index contributed by atoms with van der Waals surface area (Å²) in [5.74, 6) is -0.475. The number of hydrogen-bond donors (Lipinski definition) is 3. The Morgan fingerprint density at radius 3 is 2.94 bits per heavy atom. The zero-order valence-corrected chi connectivity index (χ0v) is 10.0. The first kappa shape index (κ1) is 12.6. The number of carboxylic acid groups (broad SMARTS) is 1. The van der Waals surface area contributed by atoms with Gasteiger partial charge in [0, 0.05) is 12.7 Å². The van der Waals surface area contributed by atoms with Gasteiger partial charge < -0.3 is 20.8 Å². The number of nitrogens with two attached hydrogens (primary N) is 1. The molecule has 2 heterocycles. The fourth-order valence-electron chi connectivity index (χ4n) is 2.30. The summed E-state index contributed by atoms with van der Waals surface area (Å²) in [5.41, 5.74) is 6.28. The van der Waals surface area contributed by atoms with Crippen molar-refractivity contribution in [1.82, 2.24) is 4.98 Å². The minimum Gasteiger partial charge on any atom is -0.478 e. The third-order valence-electron chi connectivity index (χ3n) is 3.25. The van der Waals surface area contributed by atoms with Crippen molar-refractivity contribution in [1.29, 1.82) is 0 Å². The van der Waals surface area contributed by atoms with Crippen molar-refractivity contribution in [3.63, 3.8) is 0 Å². The summed E-state index contributed by atoms with van der Waals surface area (Å²) in [4.78, 5) is 16.9. The number of aliphatic hydroxyl groups is 1. The summed E-state index contributed by atoms with van der Waals surface area (Å²) in [6, 6.07) is 1.43. The zero-order valence-electron chi connectivity index (χ0n) is 10.0. The third kappa shape index (κ3) is 2.38. The maximum Gasteiger partial charge on any atom is 0.337 e. The fourth-order valence-corrected chi connectivity index (χ4v) is 2.30. The van der Waals surface area contributed by atoms with Crippen molar-refractivity contribution in [2.75, 3.05) is 23.8 Å². The van der Waals surface area contributed by atoms with Gasteiger partial charge in [0.1, 0.15) is 0 Å². The van der Waals surface area contributed by atoms with Crippen LogP contribution in [0.15, 0.2) is 12.3 Å². The predicted octanol–water partition coefficient (Wildman–Crippen LogP) is 0.713. The number of aromatic carboxylic acids is 1. The van der Waals surface area contributed by atoms with Gasteiger partial charge in [-0.05, 0) is 25.3 Å². The minimum absolute atomic E-state index is 0.0178. The van der Waals surface area contributed by atoms with Gasteiger partial charge >= 0.3 is 5.97 Å². The molecule has 1 aliphatic rings. The molecule has 18 heavy (non-hydrogen) atoms. The Labute approximate surface area is 105 Å². The SMILES string of the molecule is Nc1cc(C(=O)O)cnc1N1CCCCC1CO. The monoisotopic (exact) mass is 251 g/mol. The van der Waals surface area contributed by atoms with E-state index in [4.69, 9.17) is 10.8 Å². The molecule has 0 radical (unpaired) electrons. The molecule has 1 aliphatic heterocycles. The third-order valence-corrected chi connectivity index (χ3v) is 3.25. The average molecular weight is 251 g/mol. The van der Waals surface area contributed by atoms with E-state index in [2.05, 4.69) is 4.98 Å². The van der Waals surface area contributed by atoms with Gasteiger partial charge in [0.2, 0.25) is 0 Å². The summed E-state index contributed by atoms with van der Waals surface area (Å²) in [5, 5.41) is 18.2. The van der Waals surface area contributed by atoms with Crippen molar-refractivity contribution in [3.05, 3.63) is 17.8 Å². The maximum atomic E-state index is 10.8. The molecule has 2 rings (SSSR count). The lowest BCUT2D eigenvalue weighted by Gasteiger charge is -2.36. The van der Waals surface area contributed by atoms with Gasteiger partial charge in [0.15, 0.2) is 5.82 Å². The number of anilines is 2. The van der Waals surface area contributed by atoms with Crippen LogP contribution in [-0.2, 0) is 0 Å². The molecule has 1 saturated heterocycles. The predicted molar refractivity (Wildman–Crippen MR) is 67.7 cm³/mol. The highest BCUT2D eigenvalue weighted by molar-refractivity contribution is 5.89. The summed E-state index contributed by atoms with van der Waals surface area (Å²) < 4.78 is 0. The quantitative estimate of drug-likeness (QED) is 0.731. The number of rotatable bonds is 3. The van der Waals surface area contributed by atoms with E-state index < -0.39 is 5.97 Å². The van der Waals surface area contributed by atoms with E-state index in [0.717, 1.165) is 25.8 Å². The van der Waals surface area contributed by atoms with Crippen LogP contribution in [0.25, 0.3) is 0 Å². The lowest BCUT2D eigenvalue weighted by Crippen LogP contribution is -2.42. The van der Waals surface area contributed by atoms with Gasteiger partial charge in [-0.15, -0.1) is 0 Å². The molecular formula is C12H17N3O3. The number of carboxylic acids is 1. The zero-order chi connectivity index (χ0) is 13.1. The van der Waals surface area contributed by atoms with Crippen molar-refractivity contribution in [2.24, 2.45) is 0 Å². The van der Waals surface area contributed by atoms with Gasteiger partial charge in [-0.2, -0.15) is 0 Å². The van der Waals surface area contributed by atoms with Crippen LogP contribution in [0, 0.1) is 0 Å². The summed E-state index contributed by atoms with van der Waals surface area (Å²) >= 11 is 0. The average Bonchev–Trinajstić information content (AvgIpc) is 2.38. The van der Waals surface area contributed by atoms with Crippen LogP contribution >= 0.6 is 0 Å². The molecule has 0 aromatic carbocycles. The highest BCUT2D eigenvalue weighted by atomic mass is 16.4. The number of carbonyl (C=O) groups is 1. The molecule has 6 heteroatoms. The van der Waals surface area contributed by atoms with Gasteiger partial charge in [-0.1, -0.05) is 0 Å². The fraction of sp³-hybridized carbons (Fsp3) is 0.500. The minimum atomic E-state index is -1.04. The van der Waals surface area contributed by atoms with Crippen LogP contribution in [0.4, 0.5) is 11.5 Å². The van der Waals surface area contributed by atoms with E-state index in [1.165, 1.54) is 12.3 Å². The number of nitrogens with zero attached hydrogens (tertiary/aromatic N) is 2. The number of aliphatic hydroxyl groups excluding tert-OH is 1. The van der Waals surface area contributed by atoms with Crippen molar-refractivity contribution >= 4 is 17.5 Å². The van der Waals surface area contributed by atoms with Crippen LogP contribution in [0.3, 0.4) is 0 Å². The Bertz CT molecular complexity index is 450. The first-order valence-electron chi connectivity index (χ1n) is 5.99. The molecule has 1 unspecified atom stereocenters. The normalized spacial score (nSPS) is 19.8. The number of hydrogen-bond acceptors (Lipinski definition) is 5. The molecule has 1 aromatic heterocycles. The van der Waals surface area contributed by atoms with E-state index in [0.29, 0.717) is 11.5 Å². The van der Waals surface area contributed by atoms with E-state index in [1.54, 1.807) is 0 Å². The van der Waals surface area contributed by atoms with Crippen molar-refractivity contribution in [3.8, 4) is 0 Å². The topological polar surface area (TPSA) is 99.7 Å². The number of piperidine rings is 1. The Morgan fingerprint density at radius 2 is 2.33 bits per heavy atom. The smallest absolute Gasteiger partial charge is 0.337 e. The molecule has 4 N–H and O–H groups in total. The van der Waals surface area contributed by atoms with E-state index in [1.807, 2.05) is 4.90 Å². The Hall–Kier alpha value is -1.82. The lowest BCUT2D eigenvalue weighted by atomic mass is 10.0. The Balaban J connectivity index is 2.29. The van der Waals surface area contributed by atoms with Gasteiger partial charge in [0.25, 0.3) is 0 Å². The molecule has 1 aromatic rings. The molecule has 0 saturated carbocycles. The largest absolute Gasteiger partial charge is 0.478 e. The molecule has 0 spiro atoms. The van der Waals surface area contributed by atoms with Crippen LogP contribution < -0.4 is 10.6 Å². The molecule has 98 valence electrons. The van der Waals surface area contributed by atoms with E-state index in [-0.39, 0.29) is 18.2 Å². The first-order chi connectivity index (χ1) is 8.63. The lowest BCUT2D eigenvalue weighted by molar-refractivity contribution is 0.0696. The molecule has 0 amide bonds. The second kappa shape index (κ2) is 5.22. The van der Waals surface area contributed by atoms with E-state index in [9.17, 15) is 9.90 Å². The van der Waals surface area contributed by atoms with Crippen molar-refractivity contribution < 1.29 is 15.0 Å². The Kier molecular flexibility index (Phi) is 3.66. The second-order valence-corrected chi connectivity index (χ2v) is 4.47. The molecule has 1 atom stereocenters. The maximum absolute atomic E-state index is 10.8. The highest BCUT2D eigenvalue weighted by Crippen LogP contribution is 2.28. The van der Waals surface area contributed by atoms with Gasteiger partial charge in [-0.3, -0.25) is 0 Å². The molecule has 0 bridgehead atoms. The number of aromatic nitrogens is 1. The first-order valence-corrected chi connectivity index (χ1v) is 5.99. The number of nitrogen functional groups attached to an aromatic ring is 1. The van der Waals surface area contributed by atoms with Crippen LogP contribution in [0.2, 0.25) is 0 Å². The summed E-state index contributed by atoms with van der Waals surface area (Å²) in [6.07, 6.45) is 4.31. The molecule has 1 fully saturated rings. The van der Waals surface area contributed by atoms with Crippen LogP contribution in [-0.4, -0.2) is 40.4 Å². The second-order valence-electron chi connectivity index (χ2n) is 4.47. The molecule has 6 nitrogen and oxygen atoms in total. The Morgan fingerprint density at radius 1 is 1.56 bits per heavy atom. The number of pyridine rings is 1. The standard InChI is InChI=1S/C12H17N3O3/c13-10-5-8(12(17)18)6-14-11(10)15-4-2-1-3-9(15)7-16/h5-6,9,16H,1-4,7,13H2,(H,17,18). The van der Waals surface area contributed by atoms with Gasteiger partial charge in [-0.25, -0.2) is 9.78 Å². The van der Waals surface area contributed by atoms with Crippen molar-refractivity contribution in [2.45, 2.75) is 25.3 Å².